The molecule has 1 N–H and O–H groups in total. The van der Waals surface area contributed by atoms with Crippen LogP contribution in [0.25, 0.3) is 0 Å². The average molecular weight is 200 g/mol. The summed E-state index contributed by atoms with van der Waals surface area (Å²) in [5.41, 5.74) is 0.221. The second-order valence-corrected chi connectivity index (χ2v) is 3.08. The minimum absolute atomic E-state index is 0.220. The van der Waals surface area contributed by atoms with Crippen molar-refractivity contribution in [2.75, 3.05) is 0 Å². The molecule has 0 aliphatic carbocycles. The molecule has 0 saturated carbocycles. The molecule has 1 aromatic rings. The van der Waals surface area contributed by atoms with E-state index in [1.165, 1.54) is 13.0 Å². The number of carbonyl (C=O) groups excluding carboxylic acids is 1. The highest BCUT2D eigenvalue weighted by Crippen LogP contribution is 2.30. The molecule has 0 spiro atoms. The van der Waals surface area contributed by atoms with Gasteiger partial charge >= 0.3 is 0 Å². The monoisotopic (exact) mass is 200 g/mol. The molecule has 0 bridgehead atoms. The Morgan fingerprint density at radius 2 is 2.00 bits per heavy atom. The van der Waals surface area contributed by atoms with Crippen LogP contribution in [0.1, 0.15) is 34.8 Å². The van der Waals surface area contributed by atoms with Gasteiger partial charge < -0.3 is 5.11 Å². The van der Waals surface area contributed by atoms with Crippen LogP contribution in [0.5, 0.6) is 5.75 Å². The Hall–Kier alpha value is -1.45. The van der Waals surface area contributed by atoms with Crippen molar-refractivity contribution in [2.24, 2.45) is 0 Å². The van der Waals surface area contributed by atoms with E-state index in [0.29, 0.717) is 5.56 Å². The van der Waals surface area contributed by atoms with E-state index < -0.39 is 17.7 Å². The molecule has 14 heavy (non-hydrogen) atoms. The van der Waals surface area contributed by atoms with E-state index in [1.54, 1.807) is 6.92 Å². The van der Waals surface area contributed by atoms with Crippen molar-refractivity contribution in [3.63, 3.8) is 0 Å². The zero-order chi connectivity index (χ0) is 10.9. The quantitative estimate of drug-likeness (QED) is 0.745. The van der Waals surface area contributed by atoms with E-state index in [2.05, 4.69) is 0 Å². The number of ketones is 1. The Morgan fingerprint density at radius 3 is 2.43 bits per heavy atom. The molecule has 1 aromatic carbocycles. The number of alkyl halides is 2. The van der Waals surface area contributed by atoms with Gasteiger partial charge in [-0.25, -0.2) is 8.78 Å². The summed E-state index contributed by atoms with van der Waals surface area (Å²) in [4.78, 5) is 11.0. The SMILES string of the molecule is CC(=O)c1cc(C(F)F)c(O)cc1C. The van der Waals surface area contributed by atoms with E-state index in [4.69, 9.17) is 0 Å². The van der Waals surface area contributed by atoms with Crippen LogP contribution in [0.15, 0.2) is 12.1 Å². The zero-order valence-electron chi connectivity index (χ0n) is 7.84. The van der Waals surface area contributed by atoms with Gasteiger partial charge in [-0.15, -0.1) is 0 Å². The molecule has 76 valence electrons. The molecule has 0 aliphatic rings. The summed E-state index contributed by atoms with van der Waals surface area (Å²) in [6.45, 7) is 2.89. The number of benzene rings is 1. The molecule has 0 aromatic heterocycles. The van der Waals surface area contributed by atoms with E-state index in [0.717, 1.165) is 6.07 Å². The molecule has 0 fully saturated rings. The van der Waals surface area contributed by atoms with Crippen LogP contribution in [-0.4, -0.2) is 10.9 Å². The Kier molecular flexibility index (Phi) is 2.84. The maximum Gasteiger partial charge on any atom is 0.267 e. The largest absolute Gasteiger partial charge is 0.507 e. The third kappa shape index (κ3) is 1.89. The number of hydrogen-bond donors (Lipinski definition) is 1. The molecule has 4 heteroatoms. The third-order valence-corrected chi connectivity index (χ3v) is 1.99. The number of aromatic hydroxyl groups is 1. The van der Waals surface area contributed by atoms with Gasteiger partial charge in [0.25, 0.3) is 6.43 Å². The number of halogens is 2. The standard InChI is InChI=1S/C10H10F2O2/c1-5-3-9(14)8(10(11)12)4-7(5)6(2)13/h3-4,10,14H,1-2H3. The molecule has 0 unspecified atom stereocenters. The summed E-state index contributed by atoms with van der Waals surface area (Å²) in [5.74, 6) is -0.758. The minimum Gasteiger partial charge on any atom is -0.507 e. The molecule has 2 nitrogen and oxygen atoms in total. The lowest BCUT2D eigenvalue weighted by Gasteiger charge is -2.08. The van der Waals surface area contributed by atoms with Crippen LogP contribution in [0.3, 0.4) is 0 Å². The van der Waals surface area contributed by atoms with Gasteiger partial charge in [-0.3, -0.25) is 4.79 Å². The van der Waals surface area contributed by atoms with Crippen LogP contribution in [0, 0.1) is 6.92 Å². The van der Waals surface area contributed by atoms with Gasteiger partial charge in [0.2, 0.25) is 0 Å². The molecule has 0 atom stereocenters. The van der Waals surface area contributed by atoms with Gasteiger partial charge in [0.1, 0.15) is 5.75 Å². The fraction of sp³-hybridized carbons (Fsp3) is 0.300. The maximum absolute atomic E-state index is 12.3. The second-order valence-electron chi connectivity index (χ2n) is 3.08. The first kappa shape index (κ1) is 10.6. The van der Waals surface area contributed by atoms with Crippen molar-refractivity contribution in [1.29, 1.82) is 0 Å². The number of hydrogen-bond acceptors (Lipinski definition) is 2. The van der Waals surface area contributed by atoms with Crippen LogP contribution < -0.4 is 0 Å². The summed E-state index contributed by atoms with van der Waals surface area (Å²) >= 11 is 0. The Labute approximate surface area is 80.2 Å². The molecule has 0 radical (unpaired) electrons. The van der Waals surface area contributed by atoms with Gasteiger partial charge in [-0.1, -0.05) is 0 Å². The smallest absolute Gasteiger partial charge is 0.267 e. The Morgan fingerprint density at radius 1 is 1.43 bits per heavy atom. The van der Waals surface area contributed by atoms with Crippen molar-refractivity contribution < 1.29 is 18.7 Å². The third-order valence-electron chi connectivity index (χ3n) is 1.99. The number of carbonyl (C=O) groups is 1. The molecular weight excluding hydrogens is 190 g/mol. The fourth-order valence-corrected chi connectivity index (χ4v) is 1.26. The van der Waals surface area contributed by atoms with E-state index in [1.807, 2.05) is 0 Å². The maximum atomic E-state index is 12.3. The summed E-state index contributed by atoms with van der Waals surface area (Å²) in [6, 6.07) is 2.22. The second kappa shape index (κ2) is 3.74. The highest BCUT2D eigenvalue weighted by molar-refractivity contribution is 5.95. The highest BCUT2D eigenvalue weighted by atomic mass is 19.3. The summed E-state index contributed by atoms with van der Waals surface area (Å²) in [5, 5.41) is 9.18. The van der Waals surface area contributed by atoms with Gasteiger partial charge in [0, 0.05) is 5.56 Å². The highest BCUT2D eigenvalue weighted by Gasteiger charge is 2.16. The number of phenolic OH excluding ortho intramolecular Hbond substituents is 1. The average Bonchev–Trinajstić information content (AvgIpc) is 2.02. The first-order chi connectivity index (χ1) is 6.43. The van der Waals surface area contributed by atoms with Crippen molar-refractivity contribution in [3.05, 3.63) is 28.8 Å². The first-order valence-electron chi connectivity index (χ1n) is 4.06. The predicted octanol–water partition coefficient (Wildman–Crippen LogP) is 2.84. The lowest BCUT2D eigenvalue weighted by molar-refractivity contribution is 0.101. The van der Waals surface area contributed by atoms with Crippen LogP contribution in [0.4, 0.5) is 8.78 Å². The summed E-state index contributed by atoms with van der Waals surface area (Å²) in [7, 11) is 0. The van der Waals surface area contributed by atoms with Gasteiger partial charge in [0.05, 0.1) is 5.56 Å². The number of phenols is 1. The van der Waals surface area contributed by atoms with Crippen molar-refractivity contribution in [1.82, 2.24) is 0 Å². The van der Waals surface area contributed by atoms with E-state index in [9.17, 15) is 18.7 Å². The molecule has 1 rings (SSSR count). The summed E-state index contributed by atoms with van der Waals surface area (Å²) < 4.78 is 24.7. The number of Topliss-reactive ketones (excluding diaryl/α,β-unsaturated/α-hetero) is 1. The predicted molar refractivity (Wildman–Crippen MR) is 47.8 cm³/mol. The molecule has 0 aliphatic heterocycles. The molecular formula is C10H10F2O2. The number of aryl methyl sites for hydroxylation is 1. The van der Waals surface area contributed by atoms with Crippen LogP contribution >= 0.6 is 0 Å². The number of rotatable bonds is 2. The van der Waals surface area contributed by atoms with Gasteiger partial charge in [-0.05, 0) is 31.5 Å². The molecule has 0 saturated heterocycles. The lowest BCUT2D eigenvalue weighted by atomic mass is 10.0. The van der Waals surface area contributed by atoms with Crippen LogP contribution in [0.2, 0.25) is 0 Å². The van der Waals surface area contributed by atoms with Crippen molar-refractivity contribution >= 4 is 5.78 Å². The van der Waals surface area contributed by atoms with Gasteiger partial charge in [-0.2, -0.15) is 0 Å². The topological polar surface area (TPSA) is 37.3 Å². The van der Waals surface area contributed by atoms with E-state index in [-0.39, 0.29) is 11.3 Å². The lowest BCUT2D eigenvalue weighted by Crippen LogP contribution is -1.98. The normalized spacial score (nSPS) is 10.6. The van der Waals surface area contributed by atoms with E-state index >= 15 is 0 Å². The van der Waals surface area contributed by atoms with Crippen LogP contribution in [-0.2, 0) is 0 Å². The zero-order valence-corrected chi connectivity index (χ0v) is 7.84. The Balaban J connectivity index is 3.34. The molecule has 0 heterocycles. The Bertz CT molecular complexity index is 373. The summed E-state index contributed by atoms with van der Waals surface area (Å²) in [6.07, 6.45) is -2.77. The molecule has 0 amide bonds. The van der Waals surface area contributed by atoms with Gasteiger partial charge in [0.15, 0.2) is 5.78 Å². The fourth-order valence-electron chi connectivity index (χ4n) is 1.26. The first-order valence-corrected chi connectivity index (χ1v) is 4.06. The van der Waals surface area contributed by atoms with Crippen molar-refractivity contribution in [2.45, 2.75) is 20.3 Å². The minimum atomic E-state index is -2.77. The van der Waals surface area contributed by atoms with Crippen molar-refractivity contribution in [3.8, 4) is 5.75 Å².